The molecule has 0 atom stereocenters. The van der Waals surface area contributed by atoms with Gasteiger partial charge in [0, 0.05) is 5.39 Å². The SMILES string of the molecule is N#Cc1ccc2ccc(OCc3ccccc3)c(I)c2c1. The van der Waals surface area contributed by atoms with Gasteiger partial charge in [-0.25, -0.2) is 0 Å². The number of hydrogen-bond acceptors (Lipinski definition) is 2. The van der Waals surface area contributed by atoms with Crippen molar-refractivity contribution in [2.75, 3.05) is 0 Å². The molecule has 0 aromatic heterocycles. The van der Waals surface area contributed by atoms with E-state index in [9.17, 15) is 0 Å². The van der Waals surface area contributed by atoms with Gasteiger partial charge in [0.1, 0.15) is 12.4 Å². The van der Waals surface area contributed by atoms with Crippen molar-refractivity contribution in [3.63, 3.8) is 0 Å². The van der Waals surface area contributed by atoms with Gasteiger partial charge in [0.25, 0.3) is 0 Å². The summed E-state index contributed by atoms with van der Waals surface area (Å²) in [6, 6.07) is 22.0. The summed E-state index contributed by atoms with van der Waals surface area (Å²) in [6.45, 7) is 0.542. The molecule has 0 aliphatic carbocycles. The van der Waals surface area contributed by atoms with Crippen LogP contribution < -0.4 is 4.74 Å². The highest BCUT2D eigenvalue weighted by Gasteiger charge is 2.07. The third-order valence-electron chi connectivity index (χ3n) is 3.29. The molecule has 3 aromatic rings. The summed E-state index contributed by atoms with van der Waals surface area (Å²) < 4.78 is 6.95. The predicted octanol–water partition coefficient (Wildman–Crippen LogP) is 4.90. The summed E-state index contributed by atoms with van der Waals surface area (Å²) in [5.74, 6) is 0.849. The van der Waals surface area contributed by atoms with E-state index in [0.717, 1.165) is 25.7 Å². The van der Waals surface area contributed by atoms with Gasteiger partial charge >= 0.3 is 0 Å². The summed E-state index contributed by atoms with van der Waals surface area (Å²) in [7, 11) is 0. The molecule has 3 rings (SSSR count). The Morgan fingerprint density at radius 2 is 1.76 bits per heavy atom. The van der Waals surface area contributed by atoms with Crippen LogP contribution in [0.1, 0.15) is 11.1 Å². The first-order valence-corrected chi connectivity index (χ1v) is 7.65. The second-order valence-corrected chi connectivity index (χ2v) is 5.78. The van der Waals surface area contributed by atoms with Crippen LogP contribution in [0.3, 0.4) is 0 Å². The first-order valence-electron chi connectivity index (χ1n) is 6.57. The van der Waals surface area contributed by atoms with E-state index in [1.165, 1.54) is 0 Å². The van der Waals surface area contributed by atoms with Crippen LogP contribution in [0, 0.1) is 14.9 Å². The Bertz CT molecular complexity index is 822. The monoisotopic (exact) mass is 385 g/mol. The number of rotatable bonds is 3. The molecule has 0 aliphatic rings. The summed E-state index contributed by atoms with van der Waals surface area (Å²) in [5.41, 5.74) is 1.81. The van der Waals surface area contributed by atoms with E-state index < -0.39 is 0 Å². The van der Waals surface area contributed by atoms with Crippen LogP contribution in [0.25, 0.3) is 10.8 Å². The fourth-order valence-corrected chi connectivity index (χ4v) is 2.98. The minimum atomic E-state index is 0.542. The maximum Gasteiger partial charge on any atom is 0.133 e. The summed E-state index contributed by atoms with van der Waals surface area (Å²) in [6.07, 6.45) is 0. The van der Waals surface area contributed by atoms with Gasteiger partial charge in [-0.05, 0) is 51.7 Å². The van der Waals surface area contributed by atoms with Gasteiger partial charge in [-0.3, -0.25) is 0 Å². The molecule has 0 N–H and O–H groups in total. The van der Waals surface area contributed by atoms with Crippen molar-refractivity contribution < 1.29 is 4.74 Å². The van der Waals surface area contributed by atoms with E-state index in [-0.39, 0.29) is 0 Å². The van der Waals surface area contributed by atoms with Crippen molar-refractivity contribution in [1.29, 1.82) is 5.26 Å². The Balaban J connectivity index is 1.92. The van der Waals surface area contributed by atoms with Crippen LogP contribution in [-0.2, 0) is 6.61 Å². The topological polar surface area (TPSA) is 33.0 Å². The van der Waals surface area contributed by atoms with E-state index in [1.807, 2.05) is 60.7 Å². The molecule has 2 nitrogen and oxygen atoms in total. The lowest BCUT2D eigenvalue weighted by molar-refractivity contribution is 0.304. The number of nitrogens with zero attached hydrogens (tertiary/aromatic N) is 1. The van der Waals surface area contributed by atoms with E-state index >= 15 is 0 Å². The number of halogens is 1. The zero-order valence-electron chi connectivity index (χ0n) is 11.2. The molecule has 0 saturated carbocycles. The Kier molecular flexibility index (Phi) is 4.07. The zero-order chi connectivity index (χ0) is 14.7. The molecule has 0 bridgehead atoms. The number of benzene rings is 3. The Hall–Kier alpha value is -2.06. The van der Waals surface area contributed by atoms with Gasteiger partial charge in [-0.2, -0.15) is 5.26 Å². The fraction of sp³-hybridized carbons (Fsp3) is 0.0556. The Morgan fingerprint density at radius 3 is 2.52 bits per heavy atom. The minimum Gasteiger partial charge on any atom is -0.488 e. The molecule has 0 saturated heterocycles. The molecule has 0 aliphatic heterocycles. The molecule has 0 unspecified atom stereocenters. The molecule has 102 valence electrons. The van der Waals surface area contributed by atoms with Gasteiger partial charge in [0.15, 0.2) is 0 Å². The van der Waals surface area contributed by atoms with Crippen molar-refractivity contribution in [1.82, 2.24) is 0 Å². The van der Waals surface area contributed by atoms with Crippen molar-refractivity contribution in [3.05, 3.63) is 75.4 Å². The van der Waals surface area contributed by atoms with Crippen LogP contribution in [0.4, 0.5) is 0 Å². The van der Waals surface area contributed by atoms with Crippen molar-refractivity contribution in [2.45, 2.75) is 6.61 Å². The first-order chi connectivity index (χ1) is 10.3. The van der Waals surface area contributed by atoms with E-state index in [2.05, 4.69) is 28.7 Å². The molecule has 0 amide bonds. The average Bonchev–Trinajstić information content (AvgIpc) is 2.55. The molecule has 3 heteroatoms. The van der Waals surface area contributed by atoms with Gasteiger partial charge in [0.2, 0.25) is 0 Å². The van der Waals surface area contributed by atoms with Gasteiger partial charge < -0.3 is 4.74 Å². The number of fused-ring (bicyclic) bond motifs is 1. The normalized spacial score (nSPS) is 10.3. The third-order valence-corrected chi connectivity index (χ3v) is 4.40. The van der Waals surface area contributed by atoms with Crippen LogP contribution in [-0.4, -0.2) is 0 Å². The molecule has 21 heavy (non-hydrogen) atoms. The predicted molar refractivity (Wildman–Crippen MR) is 92.2 cm³/mol. The van der Waals surface area contributed by atoms with Crippen LogP contribution in [0.2, 0.25) is 0 Å². The number of nitriles is 1. The van der Waals surface area contributed by atoms with E-state index in [1.54, 1.807) is 0 Å². The highest BCUT2D eigenvalue weighted by atomic mass is 127. The van der Waals surface area contributed by atoms with E-state index in [4.69, 9.17) is 10.00 Å². The van der Waals surface area contributed by atoms with Crippen LogP contribution in [0.15, 0.2) is 60.7 Å². The Morgan fingerprint density at radius 1 is 1.00 bits per heavy atom. The number of ether oxygens (including phenoxy) is 1. The molecular formula is C18H12INO. The van der Waals surface area contributed by atoms with Crippen molar-refractivity contribution in [3.8, 4) is 11.8 Å². The van der Waals surface area contributed by atoms with Crippen molar-refractivity contribution >= 4 is 33.4 Å². The highest BCUT2D eigenvalue weighted by molar-refractivity contribution is 14.1. The van der Waals surface area contributed by atoms with Crippen LogP contribution >= 0.6 is 22.6 Å². The number of hydrogen-bond donors (Lipinski definition) is 0. The summed E-state index contributed by atoms with van der Waals surface area (Å²) in [4.78, 5) is 0. The van der Waals surface area contributed by atoms with Gasteiger partial charge in [-0.1, -0.05) is 42.5 Å². The van der Waals surface area contributed by atoms with Gasteiger partial charge in [0.05, 0.1) is 15.2 Å². The first kappa shape index (κ1) is 13.9. The third kappa shape index (κ3) is 3.01. The molecular weight excluding hydrogens is 373 g/mol. The van der Waals surface area contributed by atoms with E-state index in [0.29, 0.717) is 12.2 Å². The largest absolute Gasteiger partial charge is 0.488 e. The molecule has 0 fully saturated rings. The lowest BCUT2D eigenvalue weighted by Gasteiger charge is -2.10. The van der Waals surface area contributed by atoms with Crippen molar-refractivity contribution in [2.24, 2.45) is 0 Å². The maximum atomic E-state index is 9.03. The smallest absolute Gasteiger partial charge is 0.133 e. The standard InChI is InChI=1S/C18H12INO/c19-18-16-10-14(11-20)6-7-15(16)8-9-17(18)21-12-13-4-2-1-3-5-13/h1-10H,12H2. The summed E-state index contributed by atoms with van der Waals surface area (Å²) in [5, 5.41) is 11.2. The molecule has 0 spiro atoms. The molecule has 3 aromatic carbocycles. The van der Waals surface area contributed by atoms with Crippen LogP contribution in [0.5, 0.6) is 5.75 Å². The van der Waals surface area contributed by atoms with Gasteiger partial charge in [-0.15, -0.1) is 0 Å². The Labute approximate surface area is 137 Å². The second-order valence-electron chi connectivity index (χ2n) is 4.70. The minimum absolute atomic E-state index is 0.542. The zero-order valence-corrected chi connectivity index (χ0v) is 13.4. The molecule has 0 heterocycles. The highest BCUT2D eigenvalue weighted by Crippen LogP contribution is 2.30. The lowest BCUT2D eigenvalue weighted by Crippen LogP contribution is -1.97. The fourth-order valence-electron chi connectivity index (χ4n) is 2.18. The second kappa shape index (κ2) is 6.15. The quantitative estimate of drug-likeness (QED) is 0.602. The summed E-state index contributed by atoms with van der Waals surface area (Å²) >= 11 is 2.28. The lowest BCUT2D eigenvalue weighted by atomic mass is 10.1. The average molecular weight is 385 g/mol. The maximum absolute atomic E-state index is 9.03. The molecule has 0 radical (unpaired) electrons.